The van der Waals surface area contributed by atoms with Gasteiger partial charge in [-0.05, 0) is 77.2 Å². The molecule has 2 aliphatic rings. The zero-order valence-electron chi connectivity index (χ0n) is 13.2. The van der Waals surface area contributed by atoms with Crippen molar-refractivity contribution >= 4 is 0 Å². The van der Waals surface area contributed by atoms with Crippen molar-refractivity contribution in [3.8, 4) is 0 Å². The Morgan fingerprint density at radius 3 is 2.53 bits per heavy atom. The van der Waals surface area contributed by atoms with Crippen molar-refractivity contribution in [2.75, 3.05) is 53.4 Å². The third kappa shape index (κ3) is 4.44. The van der Waals surface area contributed by atoms with E-state index in [0.717, 1.165) is 5.92 Å². The van der Waals surface area contributed by atoms with Crippen LogP contribution in [0.15, 0.2) is 0 Å². The molecular weight excluding hydrogens is 234 g/mol. The van der Waals surface area contributed by atoms with Gasteiger partial charge in [0.05, 0.1) is 0 Å². The first-order valence-corrected chi connectivity index (χ1v) is 8.21. The minimum absolute atomic E-state index is 0.562. The van der Waals surface area contributed by atoms with Crippen molar-refractivity contribution < 1.29 is 0 Å². The van der Waals surface area contributed by atoms with E-state index in [1.54, 1.807) is 0 Å². The van der Waals surface area contributed by atoms with E-state index in [0.29, 0.717) is 5.41 Å². The largest absolute Gasteiger partial charge is 0.316 e. The summed E-state index contributed by atoms with van der Waals surface area (Å²) in [6.45, 7) is 10.1. The lowest BCUT2D eigenvalue weighted by Crippen LogP contribution is -2.49. The Morgan fingerprint density at radius 1 is 1.26 bits per heavy atom. The second-order valence-corrected chi connectivity index (χ2v) is 7.12. The number of hydrogen-bond acceptors (Lipinski definition) is 3. The van der Waals surface area contributed by atoms with Gasteiger partial charge in [0.2, 0.25) is 0 Å². The van der Waals surface area contributed by atoms with Crippen LogP contribution in [0.2, 0.25) is 0 Å². The summed E-state index contributed by atoms with van der Waals surface area (Å²) >= 11 is 0. The van der Waals surface area contributed by atoms with Crippen LogP contribution in [0, 0.1) is 11.3 Å². The molecule has 2 rings (SSSR count). The molecule has 0 saturated carbocycles. The average Bonchev–Trinajstić information content (AvgIpc) is 2.41. The Hall–Kier alpha value is -0.120. The molecule has 19 heavy (non-hydrogen) atoms. The molecule has 1 unspecified atom stereocenters. The van der Waals surface area contributed by atoms with E-state index >= 15 is 0 Å². The van der Waals surface area contributed by atoms with E-state index < -0.39 is 0 Å². The number of rotatable bonds is 5. The molecule has 3 nitrogen and oxygen atoms in total. The van der Waals surface area contributed by atoms with E-state index in [4.69, 9.17) is 0 Å². The molecule has 2 fully saturated rings. The Kier molecular flexibility index (Phi) is 5.67. The Morgan fingerprint density at radius 2 is 2.00 bits per heavy atom. The first-order valence-electron chi connectivity index (χ1n) is 8.21. The lowest BCUT2D eigenvalue weighted by atomic mass is 9.77. The number of hydrogen-bond donors (Lipinski definition) is 1. The van der Waals surface area contributed by atoms with E-state index in [9.17, 15) is 0 Å². The summed E-state index contributed by atoms with van der Waals surface area (Å²) in [5.41, 5.74) is 0.562. The summed E-state index contributed by atoms with van der Waals surface area (Å²) in [6.07, 6.45) is 6.91. The third-order valence-corrected chi connectivity index (χ3v) is 5.20. The monoisotopic (exact) mass is 267 g/mol. The summed E-state index contributed by atoms with van der Waals surface area (Å²) in [5.74, 6) is 0.924. The lowest BCUT2D eigenvalue weighted by Gasteiger charge is -2.43. The van der Waals surface area contributed by atoms with Crippen molar-refractivity contribution in [2.24, 2.45) is 11.3 Å². The quantitative estimate of drug-likeness (QED) is 0.822. The minimum atomic E-state index is 0.562. The zero-order valence-corrected chi connectivity index (χ0v) is 13.2. The minimum Gasteiger partial charge on any atom is -0.316 e. The van der Waals surface area contributed by atoms with Gasteiger partial charge in [-0.15, -0.1) is 0 Å². The van der Waals surface area contributed by atoms with Crippen LogP contribution in [-0.2, 0) is 0 Å². The summed E-state index contributed by atoms with van der Waals surface area (Å²) < 4.78 is 0. The second kappa shape index (κ2) is 7.05. The maximum absolute atomic E-state index is 3.62. The average molecular weight is 267 g/mol. The fourth-order valence-electron chi connectivity index (χ4n) is 3.90. The summed E-state index contributed by atoms with van der Waals surface area (Å²) in [6, 6.07) is 0. The molecule has 0 amide bonds. The van der Waals surface area contributed by atoms with Crippen molar-refractivity contribution in [1.29, 1.82) is 0 Å². The highest BCUT2D eigenvalue weighted by molar-refractivity contribution is 4.88. The summed E-state index contributed by atoms with van der Waals surface area (Å²) in [5, 5.41) is 3.62. The van der Waals surface area contributed by atoms with Gasteiger partial charge in [0.15, 0.2) is 0 Å². The second-order valence-electron chi connectivity index (χ2n) is 7.12. The van der Waals surface area contributed by atoms with Crippen LogP contribution in [0.1, 0.15) is 39.0 Å². The zero-order chi connectivity index (χ0) is 13.7. The predicted octanol–water partition coefficient (Wildman–Crippen LogP) is 2.04. The molecule has 0 aromatic heterocycles. The summed E-state index contributed by atoms with van der Waals surface area (Å²) in [4.78, 5) is 5.08. The van der Waals surface area contributed by atoms with Crippen LogP contribution in [0.25, 0.3) is 0 Å². The molecular formula is C16H33N3. The first-order chi connectivity index (χ1) is 9.13. The highest BCUT2D eigenvalue weighted by Crippen LogP contribution is 2.32. The number of nitrogens with zero attached hydrogens (tertiary/aromatic N) is 2. The smallest absolute Gasteiger partial charge is 0.00500 e. The van der Waals surface area contributed by atoms with Crippen LogP contribution >= 0.6 is 0 Å². The molecule has 0 bridgehead atoms. The molecule has 0 radical (unpaired) electrons. The molecule has 0 aromatic rings. The van der Waals surface area contributed by atoms with Crippen molar-refractivity contribution in [3.05, 3.63) is 0 Å². The summed E-state index contributed by atoms with van der Waals surface area (Å²) in [7, 11) is 4.40. The van der Waals surface area contributed by atoms with Crippen LogP contribution in [0.5, 0.6) is 0 Å². The molecule has 3 heteroatoms. The van der Waals surface area contributed by atoms with E-state index in [-0.39, 0.29) is 0 Å². The molecule has 0 aliphatic carbocycles. The molecule has 1 atom stereocenters. The number of likely N-dealkylation sites (tertiary alicyclic amines) is 1. The molecule has 2 aliphatic heterocycles. The van der Waals surface area contributed by atoms with Gasteiger partial charge >= 0.3 is 0 Å². The van der Waals surface area contributed by atoms with Gasteiger partial charge in [-0.2, -0.15) is 0 Å². The number of piperidine rings is 2. The van der Waals surface area contributed by atoms with E-state index in [2.05, 4.69) is 36.1 Å². The topological polar surface area (TPSA) is 18.5 Å². The Labute approximate surface area is 119 Å². The number of nitrogens with one attached hydrogen (secondary N) is 1. The Bertz CT molecular complexity index is 251. The highest BCUT2D eigenvalue weighted by Gasteiger charge is 2.33. The molecule has 2 heterocycles. The lowest BCUT2D eigenvalue weighted by molar-refractivity contribution is 0.0799. The van der Waals surface area contributed by atoms with Crippen molar-refractivity contribution in [2.45, 2.75) is 39.0 Å². The predicted molar refractivity (Wildman–Crippen MR) is 82.5 cm³/mol. The van der Waals surface area contributed by atoms with Crippen LogP contribution in [-0.4, -0.2) is 63.2 Å². The van der Waals surface area contributed by atoms with E-state index in [1.165, 1.54) is 71.4 Å². The fraction of sp³-hybridized carbons (Fsp3) is 1.00. The van der Waals surface area contributed by atoms with Crippen molar-refractivity contribution in [3.63, 3.8) is 0 Å². The van der Waals surface area contributed by atoms with Gasteiger partial charge in [-0.3, -0.25) is 0 Å². The Balaban J connectivity index is 1.77. The SMILES string of the molecule is CCC1(CN2CCC(CN(C)C)CC2)CCCNC1. The van der Waals surface area contributed by atoms with Crippen LogP contribution in [0.4, 0.5) is 0 Å². The molecule has 0 aromatic carbocycles. The third-order valence-electron chi connectivity index (χ3n) is 5.20. The molecule has 112 valence electrons. The molecule has 2 saturated heterocycles. The van der Waals surface area contributed by atoms with Crippen LogP contribution < -0.4 is 5.32 Å². The van der Waals surface area contributed by atoms with Gasteiger partial charge < -0.3 is 15.1 Å². The van der Waals surface area contributed by atoms with Gasteiger partial charge in [-0.1, -0.05) is 6.92 Å². The maximum atomic E-state index is 3.62. The van der Waals surface area contributed by atoms with Crippen LogP contribution in [0.3, 0.4) is 0 Å². The highest BCUT2D eigenvalue weighted by atomic mass is 15.1. The maximum Gasteiger partial charge on any atom is 0.00500 e. The molecule has 0 spiro atoms. The van der Waals surface area contributed by atoms with Gasteiger partial charge in [0.25, 0.3) is 0 Å². The normalized spacial score (nSPS) is 30.9. The molecule has 1 N–H and O–H groups in total. The van der Waals surface area contributed by atoms with Gasteiger partial charge in [0.1, 0.15) is 0 Å². The fourth-order valence-corrected chi connectivity index (χ4v) is 3.90. The van der Waals surface area contributed by atoms with E-state index in [1.807, 2.05) is 0 Å². The van der Waals surface area contributed by atoms with Gasteiger partial charge in [-0.25, -0.2) is 0 Å². The van der Waals surface area contributed by atoms with Gasteiger partial charge in [0, 0.05) is 19.6 Å². The van der Waals surface area contributed by atoms with Crippen molar-refractivity contribution in [1.82, 2.24) is 15.1 Å². The first kappa shape index (κ1) is 15.3. The standard InChI is InChI=1S/C16H33N3/c1-4-16(8-5-9-17-13-16)14-19-10-6-15(7-11-19)12-18(2)3/h15,17H,4-14H2,1-3H3.